The number of carbonyl (C=O) groups excluding carboxylic acids is 4. The summed E-state index contributed by atoms with van der Waals surface area (Å²) >= 11 is 1.38. The lowest BCUT2D eigenvalue weighted by atomic mass is 9.64. The van der Waals surface area contributed by atoms with Crippen molar-refractivity contribution in [1.82, 2.24) is 21.1 Å². The van der Waals surface area contributed by atoms with Gasteiger partial charge in [-0.1, -0.05) is 27.7 Å². The second-order valence-electron chi connectivity index (χ2n) is 9.33. The Morgan fingerprint density at radius 1 is 1.27 bits per heavy atom. The summed E-state index contributed by atoms with van der Waals surface area (Å²) in [7, 11) is 0. The van der Waals surface area contributed by atoms with E-state index in [0.717, 1.165) is 28.2 Å². The van der Waals surface area contributed by atoms with Crippen molar-refractivity contribution >= 4 is 35.1 Å². The van der Waals surface area contributed by atoms with Gasteiger partial charge in [0, 0.05) is 4.88 Å². The van der Waals surface area contributed by atoms with Gasteiger partial charge in [0.2, 0.25) is 0 Å². The van der Waals surface area contributed by atoms with Crippen LogP contribution in [0.1, 0.15) is 67.1 Å². The van der Waals surface area contributed by atoms with Crippen molar-refractivity contribution < 1.29 is 19.2 Å². The summed E-state index contributed by atoms with van der Waals surface area (Å²) in [5, 5.41) is 2.84. The molecule has 1 aromatic heterocycles. The van der Waals surface area contributed by atoms with Gasteiger partial charge in [0.15, 0.2) is 0 Å². The average molecular weight is 435 g/mol. The van der Waals surface area contributed by atoms with Crippen molar-refractivity contribution in [3.05, 3.63) is 21.4 Å². The molecular weight excluding hydrogens is 404 g/mol. The highest BCUT2D eigenvalue weighted by Crippen LogP contribution is 2.46. The number of urea groups is 1. The molecule has 1 saturated carbocycles. The van der Waals surface area contributed by atoms with Crippen LogP contribution in [0.4, 0.5) is 4.79 Å². The van der Waals surface area contributed by atoms with Gasteiger partial charge in [-0.05, 0) is 55.6 Å². The number of nitrogens with zero attached hydrogens (tertiary/aromatic N) is 1. The van der Waals surface area contributed by atoms with Crippen molar-refractivity contribution in [2.75, 3.05) is 6.54 Å². The summed E-state index contributed by atoms with van der Waals surface area (Å²) in [5.41, 5.74) is 4.67. The molecule has 0 unspecified atom stereocenters. The molecule has 5 amide bonds. The zero-order valence-electron chi connectivity index (χ0n) is 18.2. The molecule has 2 heterocycles. The van der Waals surface area contributed by atoms with Gasteiger partial charge in [0.05, 0.1) is 4.88 Å². The minimum atomic E-state index is -0.952. The summed E-state index contributed by atoms with van der Waals surface area (Å²) in [6.07, 6.45) is 2.92. The number of hydrogen-bond donors (Lipinski definition) is 3. The average Bonchev–Trinajstić information content (AvgIpc) is 3.11. The molecule has 9 heteroatoms. The maximum Gasteiger partial charge on any atom is 0.325 e. The van der Waals surface area contributed by atoms with E-state index in [2.05, 4.69) is 36.9 Å². The Labute approximate surface area is 180 Å². The number of nitrogens with one attached hydrogen (secondary N) is 3. The first-order valence-electron chi connectivity index (χ1n) is 10.3. The van der Waals surface area contributed by atoms with E-state index in [4.69, 9.17) is 0 Å². The normalized spacial score (nSPS) is 25.4. The first-order valence-corrected chi connectivity index (χ1v) is 11.1. The summed E-state index contributed by atoms with van der Waals surface area (Å²) < 4.78 is 0. The van der Waals surface area contributed by atoms with Crippen LogP contribution in [0, 0.1) is 18.3 Å². The summed E-state index contributed by atoms with van der Waals surface area (Å²) in [6.45, 7) is 9.76. The molecule has 1 spiro atoms. The van der Waals surface area contributed by atoms with Crippen LogP contribution in [0.15, 0.2) is 6.07 Å². The molecule has 1 aliphatic heterocycles. The third-order valence-corrected chi connectivity index (χ3v) is 7.19. The first-order chi connectivity index (χ1) is 14.0. The van der Waals surface area contributed by atoms with E-state index in [-0.39, 0.29) is 17.2 Å². The largest absolute Gasteiger partial charge is 0.325 e. The zero-order chi connectivity index (χ0) is 22.3. The number of hydrogen-bond acceptors (Lipinski definition) is 5. The Kier molecular flexibility index (Phi) is 5.95. The van der Waals surface area contributed by atoms with E-state index in [0.29, 0.717) is 17.7 Å². The summed E-state index contributed by atoms with van der Waals surface area (Å²) in [4.78, 5) is 52.7. The number of imide groups is 1. The maximum absolute atomic E-state index is 13.1. The molecule has 30 heavy (non-hydrogen) atoms. The SMILES string of the molecule is CCc1sc(C(=O)NNC(=O)CN2C(=O)N[C@@]3(C[C@H](C)CC(C)(C)C3)C2=O)cc1C. The third kappa shape index (κ3) is 4.35. The highest BCUT2D eigenvalue weighted by atomic mass is 32.1. The topological polar surface area (TPSA) is 108 Å². The molecule has 2 aliphatic rings. The number of thiophene rings is 1. The number of aryl methyl sites for hydroxylation is 2. The smallest absolute Gasteiger partial charge is 0.323 e. The Morgan fingerprint density at radius 2 is 1.97 bits per heavy atom. The molecule has 3 N–H and O–H groups in total. The van der Waals surface area contributed by atoms with Gasteiger partial charge in [-0.3, -0.25) is 30.1 Å². The lowest BCUT2D eigenvalue weighted by Gasteiger charge is -2.43. The van der Waals surface area contributed by atoms with Crippen LogP contribution in [0.5, 0.6) is 0 Å². The van der Waals surface area contributed by atoms with E-state index < -0.39 is 29.9 Å². The quantitative estimate of drug-likeness (QED) is 0.500. The molecular formula is C21H30N4O4S. The summed E-state index contributed by atoms with van der Waals surface area (Å²) in [5.74, 6) is -1.13. The standard InChI is InChI=1S/C21H30N4O4S/c1-6-14-13(3)7-15(30-14)17(27)24-23-16(26)10-25-18(28)21(22-19(25)29)9-12(2)8-20(4,5)11-21/h7,12H,6,8-11H2,1-5H3,(H,22,29)(H,23,26)(H,24,27)/t12-,21-/m1/s1. The molecule has 2 fully saturated rings. The fraction of sp³-hybridized carbons (Fsp3) is 0.619. The molecule has 1 saturated heterocycles. The van der Waals surface area contributed by atoms with Gasteiger partial charge in [0.25, 0.3) is 17.7 Å². The number of hydrazine groups is 1. The fourth-order valence-electron chi connectivity index (χ4n) is 5.00. The number of amides is 5. The minimum Gasteiger partial charge on any atom is -0.323 e. The van der Waals surface area contributed by atoms with Gasteiger partial charge >= 0.3 is 6.03 Å². The fourth-order valence-corrected chi connectivity index (χ4v) is 6.01. The Bertz CT molecular complexity index is 894. The van der Waals surface area contributed by atoms with E-state index in [1.807, 2.05) is 13.8 Å². The van der Waals surface area contributed by atoms with Crippen LogP contribution >= 0.6 is 11.3 Å². The van der Waals surface area contributed by atoms with Gasteiger partial charge in [-0.2, -0.15) is 0 Å². The molecule has 1 aromatic rings. The maximum atomic E-state index is 13.1. The van der Waals surface area contributed by atoms with Gasteiger partial charge in [0.1, 0.15) is 12.1 Å². The second kappa shape index (κ2) is 8.02. The third-order valence-electron chi connectivity index (χ3n) is 5.81. The van der Waals surface area contributed by atoms with Crippen LogP contribution in [-0.2, 0) is 16.0 Å². The molecule has 2 atom stereocenters. The van der Waals surface area contributed by atoms with Crippen molar-refractivity contribution in [3.63, 3.8) is 0 Å². The molecule has 0 radical (unpaired) electrons. The molecule has 0 bridgehead atoms. The molecule has 3 rings (SSSR count). The Morgan fingerprint density at radius 3 is 2.57 bits per heavy atom. The van der Waals surface area contributed by atoms with E-state index in [1.165, 1.54) is 11.3 Å². The van der Waals surface area contributed by atoms with Crippen molar-refractivity contribution in [2.45, 2.75) is 65.8 Å². The zero-order valence-corrected chi connectivity index (χ0v) is 19.0. The predicted octanol–water partition coefficient (Wildman–Crippen LogP) is 2.52. The first kappa shape index (κ1) is 22.3. The monoisotopic (exact) mass is 434 g/mol. The molecule has 8 nitrogen and oxygen atoms in total. The van der Waals surface area contributed by atoms with Crippen LogP contribution in [0.3, 0.4) is 0 Å². The van der Waals surface area contributed by atoms with Crippen molar-refractivity contribution in [1.29, 1.82) is 0 Å². The number of rotatable bonds is 4. The van der Waals surface area contributed by atoms with Gasteiger partial charge in [-0.25, -0.2) is 4.79 Å². The highest BCUT2D eigenvalue weighted by Gasteiger charge is 2.56. The second-order valence-corrected chi connectivity index (χ2v) is 10.5. The summed E-state index contributed by atoms with van der Waals surface area (Å²) in [6, 6.07) is 1.21. The van der Waals surface area contributed by atoms with Crippen LogP contribution < -0.4 is 16.2 Å². The van der Waals surface area contributed by atoms with Crippen molar-refractivity contribution in [3.8, 4) is 0 Å². The number of carbonyl (C=O) groups is 4. The highest BCUT2D eigenvalue weighted by molar-refractivity contribution is 7.14. The Balaban J connectivity index is 1.60. The van der Waals surface area contributed by atoms with Crippen LogP contribution in [-0.4, -0.2) is 40.7 Å². The van der Waals surface area contributed by atoms with Crippen LogP contribution in [0.2, 0.25) is 0 Å². The van der Waals surface area contributed by atoms with Crippen LogP contribution in [0.25, 0.3) is 0 Å². The van der Waals surface area contributed by atoms with E-state index in [9.17, 15) is 19.2 Å². The van der Waals surface area contributed by atoms with E-state index in [1.54, 1.807) is 6.07 Å². The predicted molar refractivity (Wildman–Crippen MR) is 114 cm³/mol. The van der Waals surface area contributed by atoms with E-state index >= 15 is 0 Å². The van der Waals surface area contributed by atoms with Crippen molar-refractivity contribution in [2.24, 2.45) is 11.3 Å². The Hall–Kier alpha value is -2.42. The minimum absolute atomic E-state index is 0.0803. The molecule has 1 aliphatic carbocycles. The lowest BCUT2D eigenvalue weighted by molar-refractivity contribution is -0.137. The molecule has 164 valence electrons. The van der Waals surface area contributed by atoms with Gasteiger partial charge in [-0.15, -0.1) is 11.3 Å². The molecule has 0 aromatic carbocycles. The lowest BCUT2D eigenvalue weighted by Crippen LogP contribution is -2.54. The van der Waals surface area contributed by atoms with Gasteiger partial charge < -0.3 is 5.32 Å².